The number of rotatable bonds is 4. The molecular formula is C33H26. The summed E-state index contributed by atoms with van der Waals surface area (Å²) in [7, 11) is 0. The normalized spacial score (nSPS) is 12.5. The third-order valence-corrected chi connectivity index (χ3v) is 6.82. The molecule has 0 saturated heterocycles. The van der Waals surface area contributed by atoms with Crippen LogP contribution in [0.15, 0.2) is 121 Å². The maximum absolute atomic E-state index is 2.45. The summed E-state index contributed by atoms with van der Waals surface area (Å²) in [5, 5.41) is 0. The summed E-state index contributed by atoms with van der Waals surface area (Å²) in [6, 6.07) is 44.2. The predicted molar refractivity (Wildman–Crippen MR) is 140 cm³/mol. The van der Waals surface area contributed by atoms with Crippen molar-refractivity contribution in [2.24, 2.45) is 0 Å². The third-order valence-electron chi connectivity index (χ3n) is 6.82. The summed E-state index contributed by atoms with van der Waals surface area (Å²) in [5.41, 5.74) is 13.3. The topological polar surface area (TPSA) is 0 Å². The minimum atomic E-state index is 1.18. The molecule has 0 unspecified atom stereocenters. The molecule has 0 fully saturated rings. The Morgan fingerprint density at radius 1 is 0.364 bits per heavy atom. The van der Waals surface area contributed by atoms with Gasteiger partial charge in [-0.25, -0.2) is 0 Å². The highest BCUT2D eigenvalue weighted by Crippen LogP contribution is 2.46. The van der Waals surface area contributed by atoms with Crippen LogP contribution in [0, 0.1) is 0 Å². The molecule has 0 heteroatoms. The Kier molecular flexibility index (Phi) is 5.13. The lowest BCUT2D eigenvalue weighted by molar-refractivity contribution is 0.912. The average molecular weight is 423 g/mol. The maximum atomic E-state index is 2.45. The molecule has 0 spiro atoms. The molecule has 0 atom stereocenters. The van der Waals surface area contributed by atoms with E-state index in [1.807, 2.05) is 0 Å². The molecule has 6 rings (SSSR count). The first-order valence-corrected chi connectivity index (χ1v) is 11.8. The first-order chi connectivity index (χ1) is 16.4. The van der Waals surface area contributed by atoms with E-state index in [1.54, 1.807) is 0 Å². The van der Waals surface area contributed by atoms with Crippen molar-refractivity contribution >= 4 is 0 Å². The quantitative estimate of drug-likeness (QED) is 0.271. The summed E-state index contributed by atoms with van der Waals surface area (Å²) >= 11 is 0. The highest BCUT2D eigenvalue weighted by Gasteiger charge is 2.20. The van der Waals surface area contributed by atoms with Crippen LogP contribution in [-0.4, -0.2) is 0 Å². The van der Waals surface area contributed by atoms with Gasteiger partial charge in [-0.15, -0.1) is 0 Å². The molecule has 5 aromatic rings. The lowest BCUT2D eigenvalue weighted by Crippen LogP contribution is -1.95. The van der Waals surface area contributed by atoms with Gasteiger partial charge in [-0.3, -0.25) is 0 Å². The second-order valence-electron chi connectivity index (χ2n) is 8.85. The third kappa shape index (κ3) is 3.68. The Bertz CT molecular complexity index is 1400. The van der Waals surface area contributed by atoms with Gasteiger partial charge in [-0.2, -0.15) is 0 Å². The lowest BCUT2D eigenvalue weighted by atomic mass is 9.82. The fourth-order valence-electron chi connectivity index (χ4n) is 5.25. The van der Waals surface area contributed by atoms with Gasteiger partial charge in [0.2, 0.25) is 0 Å². The highest BCUT2D eigenvalue weighted by atomic mass is 14.2. The van der Waals surface area contributed by atoms with Gasteiger partial charge < -0.3 is 0 Å². The summed E-state index contributed by atoms with van der Waals surface area (Å²) in [5.74, 6) is 0. The van der Waals surface area contributed by atoms with Gasteiger partial charge in [0.05, 0.1) is 0 Å². The minimum Gasteiger partial charge on any atom is -0.0622 e. The van der Waals surface area contributed by atoms with Crippen molar-refractivity contribution in [2.75, 3.05) is 0 Å². The number of hydrogen-bond donors (Lipinski definition) is 0. The van der Waals surface area contributed by atoms with Crippen molar-refractivity contribution in [3.63, 3.8) is 0 Å². The fraction of sp³-hybridized carbons (Fsp3) is 0.0909. The second-order valence-corrected chi connectivity index (χ2v) is 8.85. The van der Waals surface area contributed by atoms with Gasteiger partial charge in [-0.1, -0.05) is 121 Å². The summed E-state index contributed by atoms with van der Waals surface area (Å²) in [4.78, 5) is 0. The summed E-state index contributed by atoms with van der Waals surface area (Å²) in [6.45, 7) is 0. The minimum absolute atomic E-state index is 1.18. The molecule has 0 heterocycles. The van der Waals surface area contributed by atoms with Crippen molar-refractivity contribution in [1.82, 2.24) is 0 Å². The fourth-order valence-corrected chi connectivity index (χ4v) is 5.25. The molecule has 158 valence electrons. The second kappa shape index (κ2) is 8.56. The highest BCUT2D eigenvalue weighted by molar-refractivity contribution is 6.01. The number of benzene rings is 5. The zero-order valence-electron chi connectivity index (χ0n) is 18.7. The van der Waals surface area contributed by atoms with Crippen molar-refractivity contribution in [2.45, 2.75) is 19.3 Å². The van der Waals surface area contributed by atoms with Gasteiger partial charge in [0.1, 0.15) is 0 Å². The molecule has 0 saturated carbocycles. The van der Waals surface area contributed by atoms with Crippen LogP contribution in [0.3, 0.4) is 0 Å². The molecule has 0 nitrogen and oxygen atoms in total. The van der Waals surface area contributed by atoms with E-state index in [1.165, 1.54) is 74.9 Å². The average Bonchev–Trinajstić information content (AvgIpc) is 3.37. The Labute approximate surface area is 196 Å². The SMILES string of the molecule is c1ccc(-c2ccc(-c3ccccc3)c(-c3ccc4c(c3)CCC4)c2-c2ccccc2)cc1. The van der Waals surface area contributed by atoms with Gasteiger partial charge in [0.15, 0.2) is 0 Å². The van der Waals surface area contributed by atoms with E-state index < -0.39 is 0 Å². The Balaban J connectivity index is 1.72. The molecule has 1 aliphatic carbocycles. The van der Waals surface area contributed by atoms with E-state index in [9.17, 15) is 0 Å². The van der Waals surface area contributed by atoms with Crippen LogP contribution in [0.25, 0.3) is 44.5 Å². The van der Waals surface area contributed by atoms with E-state index in [-0.39, 0.29) is 0 Å². The standard InChI is InChI=1S/C33H26/c1-4-11-25(12-5-1)30-21-22-31(26-13-6-2-7-14-26)33(32(30)27-15-8-3-9-16-27)29-20-19-24-17-10-18-28(24)23-29/h1-9,11-16,19-23H,10,17-18H2. The molecular weight excluding hydrogens is 396 g/mol. The van der Waals surface area contributed by atoms with Gasteiger partial charge in [-0.05, 0) is 74.9 Å². The van der Waals surface area contributed by atoms with E-state index >= 15 is 0 Å². The van der Waals surface area contributed by atoms with Crippen LogP contribution < -0.4 is 0 Å². The van der Waals surface area contributed by atoms with E-state index in [4.69, 9.17) is 0 Å². The smallest absolute Gasteiger partial charge is 0.00205 e. The van der Waals surface area contributed by atoms with Crippen molar-refractivity contribution in [1.29, 1.82) is 0 Å². The number of hydrogen-bond acceptors (Lipinski definition) is 0. The molecule has 33 heavy (non-hydrogen) atoms. The largest absolute Gasteiger partial charge is 0.0622 e. The molecule has 0 bridgehead atoms. The Hall–Kier alpha value is -3.90. The van der Waals surface area contributed by atoms with Gasteiger partial charge >= 0.3 is 0 Å². The summed E-state index contributed by atoms with van der Waals surface area (Å²) < 4.78 is 0. The van der Waals surface area contributed by atoms with Crippen molar-refractivity contribution in [3.8, 4) is 44.5 Å². The molecule has 0 N–H and O–H groups in total. The molecule has 0 amide bonds. The zero-order chi connectivity index (χ0) is 22.0. The predicted octanol–water partition coefficient (Wildman–Crippen LogP) is 8.84. The zero-order valence-corrected chi connectivity index (χ0v) is 18.7. The van der Waals surface area contributed by atoms with E-state index in [2.05, 4.69) is 121 Å². The molecule has 1 aliphatic rings. The lowest BCUT2D eigenvalue weighted by Gasteiger charge is -2.21. The number of aryl methyl sites for hydroxylation is 2. The van der Waals surface area contributed by atoms with Crippen LogP contribution in [-0.2, 0) is 12.8 Å². The molecule has 0 radical (unpaired) electrons. The van der Waals surface area contributed by atoms with Crippen LogP contribution in [0.5, 0.6) is 0 Å². The van der Waals surface area contributed by atoms with Crippen LogP contribution in [0.2, 0.25) is 0 Å². The van der Waals surface area contributed by atoms with Gasteiger partial charge in [0.25, 0.3) is 0 Å². The first-order valence-electron chi connectivity index (χ1n) is 11.8. The van der Waals surface area contributed by atoms with E-state index in [0.717, 1.165) is 0 Å². The van der Waals surface area contributed by atoms with Gasteiger partial charge in [0, 0.05) is 0 Å². The van der Waals surface area contributed by atoms with Crippen LogP contribution >= 0.6 is 0 Å². The Morgan fingerprint density at radius 2 is 0.848 bits per heavy atom. The van der Waals surface area contributed by atoms with Crippen LogP contribution in [0.1, 0.15) is 17.5 Å². The van der Waals surface area contributed by atoms with Crippen molar-refractivity contribution in [3.05, 3.63) is 132 Å². The van der Waals surface area contributed by atoms with Crippen molar-refractivity contribution < 1.29 is 0 Å². The first kappa shape index (κ1) is 19.8. The molecule has 5 aromatic carbocycles. The maximum Gasteiger partial charge on any atom is -0.00205 e. The van der Waals surface area contributed by atoms with E-state index in [0.29, 0.717) is 0 Å². The summed E-state index contributed by atoms with van der Waals surface area (Å²) in [6.07, 6.45) is 3.65. The monoisotopic (exact) mass is 422 g/mol. The molecule has 0 aliphatic heterocycles. The molecule has 0 aromatic heterocycles. The van der Waals surface area contributed by atoms with Crippen LogP contribution in [0.4, 0.5) is 0 Å². The number of fused-ring (bicyclic) bond motifs is 1. The Morgan fingerprint density at radius 3 is 1.42 bits per heavy atom.